The van der Waals surface area contributed by atoms with Crippen molar-refractivity contribution in [1.82, 2.24) is 4.90 Å². The number of nitrogens with two attached hydrogens (primary N) is 1. The molecular weight excluding hydrogens is 288 g/mol. The highest BCUT2D eigenvalue weighted by Gasteiger charge is 2.20. The molecule has 1 aromatic carbocycles. The van der Waals surface area contributed by atoms with Crippen LogP contribution in [0, 0.1) is 0 Å². The van der Waals surface area contributed by atoms with E-state index in [4.69, 9.17) is 32.2 Å². The highest BCUT2D eigenvalue weighted by molar-refractivity contribution is 7.80. The average Bonchev–Trinajstić information content (AvgIpc) is 2.52. The lowest BCUT2D eigenvalue weighted by Crippen LogP contribution is -2.44. The molecule has 0 amide bonds. The fraction of sp³-hybridized carbons (Fsp3) is 0.533. The normalized spacial score (nSPS) is 19.2. The van der Waals surface area contributed by atoms with Crippen molar-refractivity contribution in [3.8, 4) is 11.5 Å². The summed E-state index contributed by atoms with van der Waals surface area (Å²) >= 11 is 4.96. The van der Waals surface area contributed by atoms with E-state index in [1.807, 2.05) is 12.1 Å². The zero-order valence-electron chi connectivity index (χ0n) is 12.5. The monoisotopic (exact) mass is 310 g/mol. The molecule has 1 atom stereocenters. The molecule has 1 aromatic rings. The van der Waals surface area contributed by atoms with Crippen LogP contribution in [0.2, 0.25) is 0 Å². The maximum Gasteiger partial charge on any atom is 0.161 e. The summed E-state index contributed by atoms with van der Waals surface area (Å²) < 4.78 is 16.9. The van der Waals surface area contributed by atoms with E-state index >= 15 is 0 Å². The smallest absolute Gasteiger partial charge is 0.161 e. The Kier molecular flexibility index (Phi) is 5.78. The molecule has 1 aliphatic rings. The van der Waals surface area contributed by atoms with Gasteiger partial charge in [0.25, 0.3) is 0 Å². The summed E-state index contributed by atoms with van der Waals surface area (Å²) in [6, 6.07) is 5.45. The van der Waals surface area contributed by atoms with Crippen molar-refractivity contribution < 1.29 is 14.2 Å². The lowest BCUT2D eigenvalue weighted by molar-refractivity contribution is -0.0466. The number of rotatable bonds is 6. The first kappa shape index (κ1) is 16.0. The van der Waals surface area contributed by atoms with Gasteiger partial charge in [-0.2, -0.15) is 0 Å². The summed E-state index contributed by atoms with van der Waals surface area (Å²) in [5.41, 5.74) is 6.38. The molecule has 5 nitrogen and oxygen atoms in total. The highest BCUT2D eigenvalue weighted by Crippen LogP contribution is 2.28. The van der Waals surface area contributed by atoms with Crippen molar-refractivity contribution in [2.24, 2.45) is 5.73 Å². The molecule has 116 valence electrons. The Morgan fingerprint density at radius 2 is 2.29 bits per heavy atom. The Labute approximate surface area is 131 Å². The molecule has 0 saturated carbocycles. The minimum absolute atomic E-state index is 0.0821. The van der Waals surface area contributed by atoms with Gasteiger partial charge < -0.3 is 19.9 Å². The van der Waals surface area contributed by atoms with Gasteiger partial charge in [0.15, 0.2) is 11.5 Å². The van der Waals surface area contributed by atoms with Crippen LogP contribution in [0.25, 0.3) is 0 Å². The van der Waals surface area contributed by atoms with E-state index in [1.165, 1.54) is 0 Å². The van der Waals surface area contributed by atoms with Gasteiger partial charge in [-0.15, -0.1) is 0 Å². The fourth-order valence-electron chi connectivity index (χ4n) is 2.29. The molecule has 2 N–H and O–H groups in total. The standard InChI is InChI=1S/C15H22N2O3S/c1-3-17-6-7-19-12(9-17)10-20-13-5-4-11(15(16)21)8-14(13)18-2/h4-5,8,12H,3,6-7,9-10H2,1-2H3,(H2,16,21). The molecule has 0 radical (unpaired) electrons. The van der Waals surface area contributed by atoms with Crippen LogP contribution >= 0.6 is 12.2 Å². The van der Waals surface area contributed by atoms with Crippen molar-refractivity contribution in [1.29, 1.82) is 0 Å². The van der Waals surface area contributed by atoms with E-state index in [0.29, 0.717) is 23.1 Å². The van der Waals surface area contributed by atoms with Gasteiger partial charge in [-0.25, -0.2) is 0 Å². The summed E-state index contributed by atoms with van der Waals surface area (Å²) in [5, 5.41) is 0. The summed E-state index contributed by atoms with van der Waals surface area (Å²) in [4.78, 5) is 2.69. The fourth-order valence-corrected chi connectivity index (χ4v) is 2.42. The van der Waals surface area contributed by atoms with Crippen LogP contribution in [0.1, 0.15) is 12.5 Å². The molecular formula is C15H22N2O3S. The highest BCUT2D eigenvalue weighted by atomic mass is 32.1. The number of benzene rings is 1. The maximum atomic E-state index is 5.83. The van der Waals surface area contributed by atoms with Crippen LogP contribution in [-0.2, 0) is 4.74 Å². The molecule has 1 heterocycles. The number of likely N-dealkylation sites (N-methyl/N-ethyl adjacent to an activating group) is 1. The second-order valence-corrected chi connectivity index (χ2v) is 5.37. The van der Waals surface area contributed by atoms with Gasteiger partial charge in [-0.3, -0.25) is 4.90 Å². The van der Waals surface area contributed by atoms with Crippen LogP contribution < -0.4 is 15.2 Å². The molecule has 0 aromatic heterocycles. The van der Waals surface area contributed by atoms with Gasteiger partial charge in [0.2, 0.25) is 0 Å². The zero-order valence-corrected chi connectivity index (χ0v) is 13.3. The molecule has 1 aliphatic heterocycles. The van der Waals surface area contributed by atoms with Gasteiger partial charge in [0.05, 0.1) is 13.7 Å². The van der Waals surface area contributed by atoms with Crippen LogP contribution in [0.3, 0.4) is 0 Å². The van der Waals surface area contributed by atoms with Crippen LogP contribution in [0.15, 0.2) is 18.2 Å². The molecule has 0 spiro atoms. The summed E-state index contributed by atoms with van der Waals surface area (Å²) in [6.07, 6.45) is 0.0821. The third-order valence-electron chi connectivity index (χ3n) is 3.54. The van der Waals surface area contributed by atoms with E-state index in [0.717, 1.165) is 31.8 Å². The van der Waals surface area contributed by atoms with E-state index in [9.17, 15) is 0 Å². The van der Waals surface area contributed by atoms with Gasteiger partial charge in [0.1, 0.15) is 17.7 Å². The number of morpholine rings is 1. The molecule has 1 fully saturated rings. The van der Waals surface area contributed by atoms with E-state index in [-0.39, 0.29) is 6.10 Å². The van der Waals surface area contributed by atoms with Crippen molar-refractivity contribution >= 4 is 17.2 Å². The minimum atomic E-state index is 0.0821. The first-order valence-corrected chi connectivity index (χ1v) is 7.49. The Morgan fingerprint density at radius 1 is 1.48 bits per heavy atom. The predicted molar refractivity (Wildman–Crippen MR) is 86.2 cm³/mol. The molecule has 21 heavy (non-hydrogen) atoms. The maximum absolute atomic E-state index is 5.83. The number of hydrogen-bond acceptors (Lipinski definition) is 5. The van der Waals surface area contributed by atoms with Crippen molar-refractivity contribution in [3.63, 3.8) is 0 Å². The first-order chi connectivity index (χ1) is 10.1. The molecule has 6 heteroatoms. The number of ether oxygens (including phenoxy) is 3. The number of thiocarbonyl (C=S) groups is 1. The van der Waals surface area contributed by atoms with Crippen molar-refractivity contribution in [2.45, 2.75) is 13.0 Å². The molecule has 0 aliphatic carbocycles. The molecule has 1 saturated heterocycles. The lowest BCUT2D eigenvalue weighted by atomic mass is 10.2. The number of methoxy groups -OCH3 is 1. The first-order valence-electron chi connectivity index (χ1n) is 7.08. The van der Waals surface area contributed by atoms with Crippen molar-refractivity contribution in [3.05, 3.63) is 23.8 Å². The Morgan fingerprint density at radius 3 is 2.95 bits per heavy atom. The quantitative estimate of drug-likeness (QED) is 0.802. The lowest BCUT2D eigenvalue weighted by Gasteiger charge is -2.31. The third-order valence-corrected chi connectivity index (χ3v) is 3.78. The second-order valence-electron chi connectivity index (χ2n) is 4.93. The number of hydrogen-bond donors (Lipinski definition) is 1. The zero-order chi connectivity index (χ0) is 15.2. The SMILES string of the molecule is CCN1CCOC(COc2ccc(C(N)=S)cc2OC)C1. The van der Waals surface area contributed by atoms with Crippen LogP contribution in [-0.4, -0.2) is 56.0 Å². The third kappa shape index (κ3) is 4.30. The van der Waals surface area contributed by atoms with Crippen LogP contribution in [0.4, 0.5) is 0 Å². The van der Waals surface area contributed by atoms with Gasteiger partial charge in [-0.1, -0.05) is 19.1 Å². The van der Waals surface area contributed by atoms with E-state index in [1.54, 1.807) is 13.2 Å². The molecule has 2 rings (SSSR count). The Balaban J connectivity index is 1.97. The predicted octanol–water partition coefficient (Wildman–Crippen LogP) is 1.43. The average molecular weight is 310 g/mol. The summed E-state index contributed by atoms with van der Waals surface area (Å²) in [6.45, 7) is 6.31. The number of nitrogens with zero attached hydrogens (tertiary/aromatic N) is 1. The van der Waals surface area contributed by atoms with E-state index < -0.39 is 0 Å². The topological polar surface area (TPSA) is 57.0 Å². The molecule has 1 unspecified atom stereocenters. The second kappa shape index (κ2) is 7.59. The largest absolute Gasteiger partial charge is 0.493 e. The Hall–Kier alpha value is -1.37. The van der Waals surface area contributed by atoms with Crippen molar-refractivity contribution in [2.75, 3.05) is 40.0 Å². The Bertz CT molecular complexity index is 496. The summed E-state index contributed by atoms with van der Waals surface area (Å²) in [7, 11) is 1.60. The minimum Gasteiger partial charge on any atom is -0.493 e. The van der Waals surface area contributed by atoms with Gasteiger partial charge in [-0.05, 0) is 24.7 Å². The summed E-state index contributed by atoms with van der Waals surface area (Å²) in [5.74, 6) is 1.30. The van der Waals surface area contributed by atoms with Gasteiger partial charge in [0, 0.05) is 18.7 Å². The van der Waals surface area contributed by atoms with Crippen LogP contribution in [0.5, 0.6) is 11.5 Å². The van der Waals surface area contributed by atoms with Gasteiger partial charge >= 0.3 is 0 Å². The van der Waals surface area contributed by atoms with E-state index in [2.05, 4.69) is 11.8 Å². The molecule has 0 bridgehead atoms.